The average Bonchev–Trinajstić information content (AvgIpc) is 3.17. The van der Waals surface area contributed by atoms with E-state index < -0.39 is 0 Å². The third kappa shape index (κ3) is 3.47. The molecule has 1 aromatic carbocycles. The summed E-state index contributed by atoms with van der Waals surface area (Å²) in [6, 6.07) is 8.31. The van der Waals surface area contributed by atoms with Gasteiger partial charge < -0.3 is 15.4 Å². The number of ether oxygens (including phenoxy) is 1. The van der Waals surface area contributed by atoms with Gasteiger partial charge in [-0.15, -0.1) is 0 Å². The molecule has 1 fully saturated rings. The first kappa shape index (κ1) is 13.4. The van der Waals surface area contributed by atoms with Crippen molar-refractivity contribution in [2.24, 2.45) is 11.1 Å². The minimum Gasteiger partial charge on any atom is -0.497 e. The Morgan fingerprint density at radius 1 is 1.39 bits per heavy atom. The Kier molecular flexibility index (Phi) is 4.25. The number of likely N-dealkylation sites (N-methyl/N-ethyl adjacent to an activating group) is 1. The Balaban J connectivity index is 1.79. The molecule has 0 saturated heterocycles. The molecule has 0 aliphatic heterocycles. The molecule has 3 nitrogen and oxygen atoms in total. The highest BCUT2D eigenvalue weighted by atomic mass is 16.5. The van der Waals surface area contributed by atoms with E-state index in [-0.39, 0.29) is 0 Å². The minimum absolute atomic E-state index is 0.434. The second-order valence-electron chi connectivity index (χ2n) is 5.54. The predicted molar refractivity (Wildman–Crippen MR) is 74.9 cm³/mol. The first-order valence-corrected chi connectivity index (χ1v) is 6.69. The Morgan fingerprint density at radius 3 is 2.78 bits per heavy atom. The average molecular weight is 248 g/mol. The van der Waals surface area contributed by atoms with Crippen LogP contribution in [-0.4, -0.2) is 38.7 Å². The third-order valence-corrected chi connectivity index (χ3v) is 3.91. The lowest BCUT2D eigenvalue weighted by Crippen LogP contribution is -2.32. The predicted octanol–water partition coefficient (Wildman–Crippen LogP) is 1.91. The molecule has 1 aromatic rings. The molecule has 1 aliphatic carbocycles. The van der Waals surface area contributed by atoms with Crippen molar-refractivity contribution < 1.29 is 4.74 Å². The normalized spacial score (nSPS) is 16.9. The topological polar surface area (TPSA) is 38.5 Å². The van der Waals surface area contributed by atoms with E-state index in [1.54, 1.807) is 7.11 Å². The summed E-state index contributed by atoms with van der Waals surface area (Å²) in [6.07, 6.45) is 3.66. The summed E-state index contributed by atoms with van der Waals surface area (Å²) in [6.45, 7) is 3.04. The number of nitrogens with zero attached hydrogens (tertiary/aromatic N) is 1. The molecule has 3 heteroatoms. The number of rotatable bonds is 7. The van der Waals surface area contributed by atoms with Gasteiger partial charge in [0.05, 0.1) is 7.11 Å². The Labute approximate surface area is 110 Å². The summed E-state index contributed by atoms with van der Waals surface area (Å²) in [4.78, 5) is 2.40. The number of hydrogen-bond donors (Lipinski definition) is 1. The molecular weight excluding hydrogens is 224 g/mol. The van der Waals surface area contributed by atoms with E-state index in [2.05, 4.69) is 30.1 Å². The number of hydrogen-bond acceptors (Lipinski definition) is 3. The smallest absolute Gasteiger partial charge is 0.119 e. The van der Waals surface area contributed by atoms with Crippen LogP contribution in [0.25, 0.3) is 0 Å². The largest absolute Gasteiger partial charge is 0.497 e. The molecule has 0 radical (unpaired) electrons. The van der Waals surface area contributed by atoms with Crippen LogP contribution in [0.2, 0.25) is 0 Å². The second-order valence-corrected chi connectivity index (χ2v) is 5.54. The summed E-state index contributed by atoms with van der Waals surface area (Å²) in [5.74, 6) is 0.941. The summed E-state index contributed by atoms with van der Waals surface area (Å²) in [5, 5.41) is 0. The first-order chi connectivity index (χ1) is 8.67. The number of methoxy groups -OCH3 is 1. The Hall–Kier alpha value is -1.06. The molecule has 2 N–H and O–H groups in total. The Morgan fingerprint density at radius 2 is 2.17 bits per heavy atom. The molecule has 100 valence electrons. The number of nitrogens with two attached hydrogens (primary N) is 1. The van der Waals surface area contributed by atoms with Gasteiger partial charge in [0, 0.05) is 13.1 Å². The van der Waals surface area contributed by atoms with E-state index in [4.69, 9.17) is 10.5 Å². The van der Waals surface area contributed by atoms with Crippen molar-refractivity contribution >= 4 is 0 Å². The number of benzene rings is 1. The van der Waals surface area contributed by atoms with Crippen LogP contribution in [0.1, 0.15) is 18.4 Å². The highest BCUT2D eigenvalue weighted by Gasteiger charge is 2.41. The second kappa shape index (κ2) is 5.72. The van der Waals surface area contributed by atoms with Crippen LogP contribution >= 0.6 is 0 Å². The van der Waals surface area contributed by atoms with Crippen molar-refractivity contribution in [3.05, 3.63) is 29.8 Å². The maximum Gasteiger partial charge on any atom is 0.119 e. The maximum absolute atomic E-state index is 5.82. The highest BCUT2D eigenvalue weighted by molar-refractivity contribution is 5.28. The molecule has 0 spiro atoms. The molecule has 0 atom stereocenters. The maximum atomic E-state index is 5.82. The van der Waals surface area contributed by atoms with Crippen LogP contribution in [0.5, 0.6) is 5.75 Å². The highest BCUT2D eigenvalue weighted by Crippen LogP contribution is 2.44. The van der Waals surface area contributed by atoms with Gasteiger partial charge in [0.2, 0.25) is 0 Å². The van der Waals surface area contributed by atoms with Crippen molar-refractivity contribution in [2.75, 3.05) is 33.8 Å². The van der Waals surface area contributed by atoms with E-state index >= 15 is 0 Å². The van der Waals surface area contributed by atoms with Gasteiger partial charge in [0.15, 0.2) is 0 Å². The van der Waals surface area contributed by atoms with E-state index in [1.165, 1.54) is 18.4 Å². The van der Waals surface area contributed by atoms with Gasteiger partial charge in [0.1, 0.15) is 5.75 Å². The van der Waals surface area contributed by atoms with Crippen molar-refractivity contribution in [1.82, 2.24) is 4.90 Å². The molecule has 0 amide bonds. The lowest BCUT2D eigenvalue weighted by molar-refractivity contribution is 0.269. The molecular formula is C15H24N2O. The summed E-state index contributed by atoms with van der Waals surface area (Å²) in [7, 11) is 3.90. The van der Waals surface area contributed by atoms with Gasteiger partial charge >= 0.3 is 0 Å². The summed E-state index contributed by atoms with van der Waals surface area (Å²) < 4.78 is 5.24. The zero-order valence-electron chi connectivity index (χ0n) is 11.5. The van der Waals surface area contributed by atoms with Gasteiger partial charge in [-0.25, -0.2) is 0 Å². The van der Waals surface area contributed by atoms with Crippen molar-refractivity contribution in [3.8, 4) is 5.75 Å². The van der Waals surface area contributed by atoms with Gasteiger partial charge in [-0.1, -0.05) is 12.1 Å². The molecule has 1 aliphatic rings. The molecule has 0 bridgehead atoms. The third-order valence-electron chi connectivity index (χ3n) is 3.91. The fourth-order valence-electron chi connectivity index (χ4n) is 2.40. The van der Waals surface area contributed by atoms with E-state index in [0.29, 0.717) is 5.41 Å². The van der Waals surface area contributed by atoms with Crippen molar-refractivity contribution in [1.29, 1.82) is 0 Å². The van der Waals surface area contributed by atoms with Gasteiger partial charge in [-0.05, 0) is 56.0 Å². The standard InChI is InChI=1S/C15H24N2O/c1-17(12-15(11-16)7-8-15)9-6-13-4-3-5-14(10-13)18-2/h3-5,10H,6-9,11-12,16H2,1-2H3. The SMILES string of the molecule is COc1cccc(CCN(C)CC2(CN)CC2)c1. The van der Waals surface area contributed by atoms with Crippen LogP contribution < -0.4 is 10.5 Å². The quantitative estimate of drug-likeness (QED) is 0.801. The molecule has 2 rings (SSSR count). The van der Waals surface area contributed by atoms with Crippen LogP contribution in [0.3, 0.4) is 0 Å². The lowest BCUT2D eigenvalue weighted by atomic mass is 10.1. The zero-order valence-corrected chi connectivity index (χ0v) is 11.5. The van der Waals surface area contributed by atoms with Crippen LogP contribution in [-0.2, 0) is 6.42 Å². The van der Waals surface area contributed by atoms with Crippen LogP contribution in [0, 0.1) is 5.41 Å². The van der Waals surface area contributed by atoms with E-state index in [0.717, 1.165) is 31.8 Å². The monoisotopic (exact) mass is 248 g/mol. The van der Waals surface area contributed by atoms with E-state index in [1.807, 2.05) is 6.07 Å². The van der Waals surface area contributed by atoms with Crippen LogP contribution in [0.15, 0.2) is 24.3 Å². The minimum atomic E-state index is 0.434. The van der Waals surface area contributed by atoms with Gasteiger partial charge in [-0.3, -0.25) is 0 Å². The van der Waals surface area contributed by atoms with Crippen molar-refractivity contribution in [3.63, 3.8) is 0 Å². The fraction of sp³-hybridized carbons (Fsp3) is 0.600. The molecule has 0 aromatic heterocycles. The van der Waals surface area contributed by atoms with Gasteiger partial charge in [0.25, 0.3) is 0 Å². The van der Waals surface area contributed by atoms with Gasteiger partial charge in [-0.2, -0.15) is 0 Å². The Bertz CT molecular complexity index is 388. The summed E-state index contributed by atoms with van der Waals surface area (Å²) in [5.41, 5.74) is 7.58. The van der Waals surface area contributed by atoms with Crippen LogP contribution in [0.4, 0.5) is 0 Å². The molecule has 18 heavy (non-hydrogen) atoms. The molecule has 0 unspecified atom stereocenters. The molecule has 0 heterocycles. The van der Waals surface area contributed by atoms with Crippen molar-refractivity contribution in [2.45, 2.75) is 19.3 Å². The fourth-order valence-corrected chi connectivity index (χ4v) is 2.40. The lowest BCUT2D eigenvalue weighted by Gasteiger charge is -2.22. The summed E-state index contributed by atoms with van der Waals surface area (Å²) >= 11 is 0. The van der Waals surface area contributed by atoms with E-state index in [9.17, 15) is 0 Å². The zero-order chi connectivity index (χ0) is 13.0. The first-order valence-electron chi connectivity index (χ1n) is 6.69. The molecule has 1 saturated carbocycles.